The van der Waals surface area contributed by atoms with Crippen LogP contribution in [0.25, 0.3) is 0 Å². The molecule has 1 aliphatic heterocycles. The molecule has 1 atom stereocenters. The second-order valence-electron chi connectivity index (χ2n) is 5.84. The van der Waals surface area contributed by atoms with Gasteiger partial charge in [-0.1, -0.05) is 29.3 Å². The van der Waals surface area contributed by atoms with Crippen molar-refractivity contribution in [2.45, 2.75) is 18.9 Å². The zero-order valence-electron chi connectivity index (χ0n) is 13.4. The lowest BCUT2D eigenvalue weighted by molar-refractivity contribution is 0.226. The molecule has 0 radical (unpaired) electrons. The number of amidine groups is 1. The first-order valence-electron chi connectivity index (χ1n) is 7.68. The Morgan fingerprint density at radius 1 is 1.08 bits per heavy atom. The van der Waals surface area contributed by atoms with Gasteiger partial charge in [0.25, 0.3) is 6.02 Å². The van der Waals surface area contributed by atoms with Gasteiger partial charge in [-0.3, -0.25) is 4.90 Å². The predicted octanol–water partition coefficient (Wildman–Crippen LogP) is 5.85. The highest BCUT2D eigenvalue weighted by Crippen LogP contribution is 2.34. The van der Waals surface area contributed by atoms with Crippen molar-refractivity contribution in [1.82, 2.24) is 0 Å². The molecule has 2 aromatic carbocycles. The van der Waals surface area contributed by atoms with E-state index in [1.54, 1.807) is 0 Å². The Labute approximate surface area is 152 Å². The average molecular weight is 361 g/mol. The van der Waals surface area contributed by atoms with Crippen molar-refractivity contribution in [1.29, 1.82) is 0 Å². The van der Waals surface area contributed by atoms with E-state index in [1.165, 1.54) is 0 Å². The summed E-state index contributed by atoms with van der Waals surface area (Å²) in [4.78, 5) is 6.71. The number of hydrogen-bond donors (Lipinski definition) is 0. The first-order chi connectivity index (χ1) is 11.5. The molecule has 0 aromatic heterocycles. The van der Waals surface area contributed by atoms with E-state index >= 15 is 0 Å². The standard InChI is InChI=1S/C19H18Cl2N2O/c1-3-19(2)12-13-24-18(22-16-8-4-14(20)5-9-16)23(19)17-10-6-15(21)7-11-17/h3-11H,1,12-13H2,2H3. The van der Waals surface area contributed by atoms with Crippen molar-refractivity contribution in [3.63, 3.8) is 0 Å². The number of rotatable bonds is 3. The van der Waals surface area contributed by atoms with E-state index in [1.807, 2.05) is 54.6 Å². The molecule has 3 rings (SSSR count). The fourth-order valence-electron chi connectivity index (χ4n) is 2.64. The van der Waals surface area contributed by atoms with Crippen molar-refractivity contribution in [2.24, 2.45) is 4.99 Å². The normalized spacial score (nSPS) is 22.3. The summed E-state index contributed by atoms with van der Waals surface area (Å²) in [5, 5.41) is 1.36. The molecule has 1 unspecified atom stereocenters. The van der Waals surface area contributed by atoms with Crippen LogP contribution in [0, 0.1) is 0 Å². The monoisotopic (exact) mass is 360 g/mol. The van der Waals surface area contributed by atoms with Crippen LogP contribution < -0.4 is 4.90 Å². The van der Waals surface area contributed by atoms with Gasteiger partial charge in [0, 0.05) is 22.2 Å². The highest BCUT2D eigenvalue weighted by molar-refractivity contribution is 6.31. The molecule has 0 spiro atoms. The summed E-state index contributed by atoms with van der Waals surface area (Å²) in [6, 6.07) is 15.5. The molecule has 1 aliphatic rings. The molecule has 0 saturated carbocycles. The lowest BCUT2D eigenvalue weighted by Gasteiger charge is -2.44. The highest BCUT2D eigenvalue weighted by atomic mass is 35.5. The Morgan fingerprint density at radius 2 is 1.67 bits per heavy atom. The number of ether oxygens (including phenoxy) is 1. The van der Waals surface area contributed by atoms with E-state index in [0.717, 1.165) is 17.8 Å². The predicted molar refractivity (Wildman–Crippen MR) is 102 cm³/mol. The number of hydrogen-bond acceptors (Lipinski definition) is 2. The number of aliphatic imine (C=N–C) groups is 1. The van der Waals surface area contributed by atoms with Crippen molar-refractivity contribution in [3.8, 4) is 0 Å². The minimum Gasteiger partial charge on any atom is -0.465 e. The summed E-state index contributed by atoms with van der Waals surface area (Å²) in [5.41, 5.74) is 1.44. The van der Waals surface area contributed by atoms with Gasteiger partial charge >= 0.3 is 0 Å². The summed E-state index contributed by atoms with van der Waals surface area (Å²) in [5.74, 6) is 0. The SMILES string of the molecule is C=CC1(C)CCOC(=Nc2ccc(Cl)cc2)N1c1ccc(Cl)cc1. The largest absolute Gasteiger partial charge is 0.465 e. The second-order valence-corrected chi connectivity index (χ2v) is 6.72. The van der Waals surface area contributed by atoms with Crippen molar-refractivity contribution in [2.75, 3.05) is 11.5 Å². The fourth-order valence-corrected chi connectivity index (χ4v) is 2.89. The first kappa shape index (κ1) is 16.9. The first-order valence-corrected chi connectivity index (χ1v) is 8.44. The number of nitrogens with zero attached hydrogens (tertiary/aromatic N) is 2. The zero-order chi connectivity index (χ0) is 17.2. The average Bonchev–Trinajstić information content (AvgIpc) is 2.58. The van der Waals surface area contributed by atoms with E-state index in [2.05, 4.69) is 23.4 Å². The van der Waals surface area contributed by atoms with E-state index in [9.17, 15) is 0 Å². The van der Waals surface area contributed by atoms with Gasteiger partial charge in [-0.2, -0.15) is 4.99 Å². The van der Waals surface area contributed by atoms with E-state index < -0.39 is 0 Å². The van der Waals surface area contributed by atoms with Crippen LogP contribution in [0.15, 0.2) is 66.2 Å². The lowest BCUT2D eigenvalue weighted by Crippen LogP contribution is -2.54. The third-order valence-corrected chi connectivity index (χ3v) is 4.62. The molecule has 1 fully saturated rings. The Hall–Kier alpha value is -1.97. The Kier molecular flexibility index (Phi) is 4.83. The summed E-state index contributed by atoms with van der Waals surface area (Å²) in [7, 11) is 0. The van der Waals surface area contributed by atoms with Crippen molar-refractivity contribution >= 4 is 40.6 Å². The molecular weight excluding hydrogens is 343 g/mol. The fraction of sp³-hybridized carbons (Fsp3) is 0.211. The minimum absolute atomic E-state index is 0.294. The van der Waals surface area contributed by atoms with Gasteiger partial charge in [-0.25, -0.2) is 0 Å². The maximum atomic E-state index is 6.02. The molecule has 0 bridgehead atoms. The van der Waals surface area contributed by atoms with Crippen LogP contribution in [0.2, 0.25) is 10.0 Å². The van der Waals surface area contributed by atoms with Gasteiger partial charge < -0.3 is 4.74 Å². The molecule has 0 aliphatic carbocycles. The maximum Gasteiger partial charge on any atom is 0.297 e. The van der Waals surface area contributed by atoms with Crippen LogP contribution in [0.1, 0.15) is 13.3 Å². The smallest absolute Gasteiger partial charge is 0.297 e. The zero-order valence-corrected chi connectivity index (χ0v) is 14.9. The molecule has 3 nitrogen and oxygen atoms in total. The number of benzene rings is 2. The Bertz CT molecular complexity index is 756. The minimum atomic E-state index is -0.294. The van der Waals surface area contributed by atoms with Crippen molar-refractivity contribution < 1.29 is 4.74 Å². The summed E-state index contributed by atoms with van der Waals surface area (Å²) in [6.45, 7) is 6.71. The van der Waals surface area contributed by atoms with Crippen LogP contribution in [-0.4, -0.2) is 18.2 Å². The van der Waals surface area contributed by atoms with Gasteiger partial charge in [-0.15, -0.1) is 6.58 Å². The van der Waals surface area contributed by atoms with Crippen molar-refractivity contribution in [3.05, 3.63) is 71.2 Å². The molecule has 124 valence electrons. The molecule has 5 heteroatoms. The lowest BCUT2D eigenvalue weighted by atomic mass is 9.94. The van der Waals surface area contributed by atoms with E-state index in [0.29, 0.717) is 22.7 Å². The van der Waals surface area contributed by atoms with Crippen LogP contribution in [0.3, 0.4) is 0 Å². The summed E-state index contributed by atoms with van der Waals surface area (Å²) in [6.07, 6.45) is 2.75. The molecule has 0 amide bonds. The Balaban J connectivity index is 2.06. The van der Waals surface area contributed by atoms with Crippen LogP contribution >= 0.6 is 23.2 Å². The van der Waals surface area contributed by atoms with Gasteiger partial charge in [0.1, 0.15) is 0 Å². The van der Waals surface area contributed by atoms with Crippen LogP contribution in [-0.2, 0) is 4.74 Å². The van der Waals surface area contributed by atoms with E-state index in [4.69, 9.17) is 27.9 Å². The highest BCUT2D eigenvalue weighted by Gasteiger charge is 2.37. The maximum absolute atomic E-state index is 6.02. The van der Waals surface area contributed by atoms with Gasteiger partial charge in [0.2, 0.25) is 0 Å². The van der Waals surface area contributed by atoms with Gasteiger partial charge in [0.15, 0.2) is 0 Å². The number of halogens is 2. The summed E-state index contributed by atoms with van der Waals surface area (Å²) < 4.78 is 5.87. The molecule has 0 N–H and O–H groups in total. The van der Waals surface area contributed by atoms with Crippen LogP contribution in [0.4, 0.5) is 11.4 Å². The molecule has 2 aromatic rings. The third-order valence-electron chi connectivity index (χ3n) is 4.12. The van der Waals surface area contributed by atoms with Gasteiger partial charge in [0.05, 0.1) is 17.8 Å². The van der Waals surface area contributed by atoms with Crippen LogP contribution in [0.5, 0.6) is 0 Å². The molecule has 1 saturated heterocycles. The second kappa shape index (κ2) is 6.88. The summed E-state index contributed by atoms with van der Waals surface area (Å²) >= 11 is 12.0. The van der Waals surface area contributed by atoms with Gasteiger partial charge in [-0.05, 0) is 55.5 Å². The third kappa shape index (κ3) is 3.42. The quantitative estimate of drug-likeness (QED) is 0.641. The van der Waals surface area contributed by atoms with E-state index in [-0.39, 0.29) is 5.54 Å². The molecular formula is C19H18Cl2N2O. The molecule has 1 heterocycles. The Morgan fingerprint density at radius 3 is 2.25 bits per heavy atom. The molecule has 24 heavy (non-hydrogen) atoms. The number of anilines is 1. The topological polar surface area (TPSA) is 24.8 Å².